The zero-order chi connectivity index (χ0) is 35.3. The monoisotopic (exact) mass is 719 g/mol. The molecule has 1 amide bonds. The van der Waals surface area contributed by atoms with Crippen molar-refractivity contribution in [3.8, 4) is 11.6 Å². The number of hydrogen-bond donors (Lipinski definition) is 1. The minimum absolute atomic E-state index is 0.0683. The third-order valence-electron chi connectivity index (χ3n) is 11.8. The Morgan fingerprint density at radius 2 is 1.92 bits per heavy atom. The Labute approximate surface area is 300 Å². The van der Waals surface area contributed by atoms with Crippen molar-refractivity contribution >= 4 is 33.2 Å². The molecule has 0 radical (unpaired) electrons. The number of halogens is 1. The number of fused-ring (bicyclic) bond motifs is 4. The third-order valence-corrected chi connectivity index (χ3v) is 14.0. The number of aromatic nitrogens is 1. The van der Waals surface area contributed by atoms with Gasteiger partial charge in [-0.1, -0.05) is 36.7 Å². The zero-order valence-corrected chi connectivity index (χ0v) is 30.7. The van der Waals surface area contributed by atoms with E-state index in [0.29, 0.717) is 37.7 Å². The Kier molecular flexibility index (Phi) is 9.41. The van der Waals surface area contributed by atoms with Crippen LogP contribution < -0.4 is 19.1 Å². The maximum atomic E-state index is 13.6. The van der Waals surface area contributed by atoms with Gasteiger partial charge in [-0.25, -0.2) is 18.1 Å². The fourth-order valence-corrected chi connectivity index (χ4v) is 10.2. The lowest BCUT2D eigenvalue weighted by Gasteiger charge is -2.50. The molecule has 11 heteroatoms. The highest BCUT2D eigenvalue weighted by atomic mass is 35.5. The smallest absolute Gasteiger partial charge is 0.264 e. The van der Waals surface area contributed by atoms with Crippen LogP contribution in [0.4, 0.5) is 5.69 Å². The fourth-order valence-electron chi connectivity index (χ4n) is 8.72. The molecule has 2 aliphatic heterocycles. The summed E-state index contributed by atoms with van der Waals surface area (Å²) < 4.78 is 48.5. The largest absolute Gasteiger partial charge is 0.490 e. The predicted octanol–water partition coefficient (Wildman–Crippen LogP) is 6.83. The van der Waals surface area contributed by atoms with Crippen LogP contribution in [0.15, 0.2) is 66.9 Å². The molecule has 4 aliphatic rings. The Bertz CT molecular complexity index is 1920. The Hall–Kier alpha value is -3.60. The number of nitrogens with one attached hydrogen (secondary N) is 1. The molecule has 0 unspecified atom stereocenters. The molecule has 1 saturated carbocycles. The number of rotatable bonds is 3. The highest BCUT2D eigenvalue weighted by molar-refractivity contribution is 7.90. The van der Waals surface area contributed by atoms with Gasteiger partial charge in [0.25, 0.3) is 5.91 Å². The lowest BCUT2D eigenvalue weighted by molar-refractivity contribution is -0.0817. The lowest BCUT2D eigenvalue weighted by Crippen LogP contribution is -2.52. The first-order valence-corrected chi connectivity index (χ1v) is 19.5. The van der Waals surface area contributed by atoms with Gasteiger partial charge in [0, 0.05) is 48.3 Å². The fraction of sp³-hybridized carbons (Fsp3) is 0.487. The molecule has 2 bridgehead atoms. The lowest BCUT2D eigenvalue weighted by atomic mass is 9.62. The molecule has 6 atom stereocenters. The van der Waals surface area contributed by atoms with Gasteiger partial charge in [-0.2, -0.15) is 0 Å². The number of benzene rings is 2. The quantitative estimate of drug-likeness (QED) is 0.294. The van der Waals surface area contributed by atoms with Crippen molar-refractivity contribution in [1.82, 2.24) is 9.71 Å². The number of hydrogen-bond acceptors (Lipinski definition) is 8. The van der Waals surface area contributed by atoms with E-state index < -0.39 is 26.8 Å². The second-order valence-corrected chi connectivity index (χ2v) is 17.1. The number of carbonyl (C=O) groups excluding carboxylic acids is 1. The van der Waals surface area contributed by atoms with Crippen LogP contribution in [0.2, 0.25) is 5.02 Å². The van der Waals surface area contributed by atoms with Crippen LogP contribution in [0.1, 0.15) is 73.0 Å². The standard InChI is InChI=1S/C39H46ClN3O6S/c1-25-8-5-18-39(48-4,33-10-7-19-41-37(33)47-3)32-14-11-29(32)22-43-23-38(17-6-9-27-20-30(40)13-15-31(27)38)24-49-35-16-12-28(21-34(35)43)36(44)42-50(45,46)26(25)2/h5,7,10,12-13,15-16,18-21,25-26,29,32H,6,8-9,11,14,17,22-24H2,1-4H3,(H,42,44)/b18-5+/t25-,26+,29-,32+,38-,39+/m0/s1. The van der Waals surface area contributed by atoms with E-state index in [0.717, 1.165) is 48.4 Å². The summed E-state index contributed by atoms with van der Waals surface area (Å²) in [5.41, 5.74) is 3.22. The van der Waals surface area contributed by atoms with Crippen LogP contribution in [-0.4, -0.2) is 58.5 Å². The van der Waals surface area contributed by atoms with Crippen LogP contribution in [-0.2, 0) is 32.2 Å². The summed E-state index contributed by atoms with van der Waals surface area (Å²) in [5, 5.41) is -0.101. The van der Waals surface area contributed by atoms with Gasteiger partial charge < -0.3 is 19.1 Å². The van der Waals surface area contributed by atoms with Gasteiger partial charge in [0.15, 0.2) is 0 Å². The van der Waals surface area contributed by atoms with Crippen LogP contribution in [0.25, 0.3) is 0 Å². The number of allylic oxidation sites excluding steroid dienone is 1. The summed E-state index contributed by atoms with van der Waals surface area (Å²) in [6, 6.07) is 15.4. The number of methoxy groups -OCH3 is 2. The van der Waals surface area contributed by atoms with E-state index in [2.05, 4.69) is 32.8 Å². The molecule has 3 aromatic rings. The first-order chi connectivity index (χ1) is 24.0. The summed E-state index contributed by atoms with van der Waals surface area (Å²) in [7, 11) is -0.639. The van der Waals surface area contributed by atoms with Crippen molar-refractivity contribution in [2.45, 2.75) is 68.6 Å². The Morgan fingerprint density at radius 1 is 1.08 bits per heavy atom. The number of amides is 1. The molecular formula is C39H46ClN3O6S. The Balaban J connectivity index is 1.38. The van der Waals surface area contributed by atoms with Crippen LogP contribution >= 0.6 is 11.6 Å². The molecule has 3 heterocycles. The summed E-state index contributed by atoms with van der Waals surface area (Å²) >= 11 is 6.47. The zero-order valence-electron chi connectivity index (χ0n) is 29.2. The summed E-state index contributed by atoms with van der Waals surface area (Å²) in [5.74, 6) is 0.525. The van der Waals surface area contributed by atoms with Crippen molar-refractivity contribution in [3.05, 3.63) is 94.2 Å². The van der Waals surface area contributed by atoms with Crippen LogP contribution in [0.3, 0.4) is 0 Å². The molecular weight excluding hydrogens is 674 g/mol. The van der Waals surface area contributed by atoms with Gasteiger partial charge in [0.05, 0.1) is 30.2 Å². The van der Waals surface area contributed by atoms with Gasteiger partial charge in [-0.15, -0.1) is 0 Å². The number of nitrogens with zero attached hydrogens (tertiary/aromatic N) is 2. The molecule has 266 valence electrons. The summed E-state index contributed by atoms with van der Waals surface area (Å²) in [4.78, 5) is 20.5. The minimum Gasteiger partial charge on any atom is -0.490 e. The van der Waals surface area contributed by atoms with E-state index in [9.17, 15) is 13.2 Å². The van der Waals surface area contributed by atoms with E-state index >= 15 is 0 Å². The first-order valence-electron chi connectivity index (χ1n) is 17.6. The molecule has 0 saturated heterocycles. The molecule has 9 nitrogen and oxygen atoms in total. The molecule has 50 heavy (non-hydrogen) atoms. The molecule has 2 aliphatic carbocycles. The number of sulfonamides is 1. The average Bonchev–Trinajstić information content (AvgIpc) is 3.25. The number of anilines is 1. The van der Waals surface area contributed by atoms with E-state index in [1.807, 2.05) is 37.3 Å². The van der Waals surface area contributed by atoms with Crippen molar-refractivity contribution < 1.29 is 27.4 Å². The maximum absolute atomic E-state index is 13.6. The van der Waals surface area contributed by atoms with Crippen LogP contribution in [0.5, 0.6) is 11.6 Å². The SMILES string of the molecule is COc1ncccc1[C@@]1(OC)/C=C/C[C@H](C)[C@@H](C)S(=O)(=O)NC(=O)c2ccc3c(c2)N(C[C@@H]2CC[C@H]21)C[C@@]1(CCCc2cc(Cl)ccc21)CO3. The van der Waals surface area contributed by atoms with E-state index in [1.54, 1.807) is 39.5 Å². The second kappa shape index (κ2) is 13.5. The molecule has 7 rings (SSSR count). The van der Waals surface area contributed by atoms with Gasteiger partial charge >= 0.3 is 0 Å². The topological polar surface area (TPSA) is 107 Å². The van der Waals surface area contributed by atoms with Crippen molar-refractivity contribution in [2.24, 2.45) is 17.8 Å². The first kappa shape index (κ1) is 34.8. The van der Waals surface area contributed by atoms with E-state index in [1.165, 1.54) is 11.1 Å². The summed E-state index contributed by atoms with van der Waals surface area (Å²) in [6.45, 7) is 5.37. The van der Waals surface area contributed by atoms with Crippen LogP contribution in [0, 0.1) is 17.8 Å². The van der Waals surface area contributed by atoms with Gasteiger partial charge in [0.1, 0.15) is 11.4 Å². The molecule has 2 aromatic carbocycles. The number of aryl methyl sites for hydroxylation is 1. The van der Waals surface area contributed by atoms with Gasteiger partial charge in [-0.05, 0) is 111 Å². The third kappa shape index (κ3) is 6.07. The predicted molar refractivity (Wildman–Crippen MR) is 195 cm³/mol. The van der Waals surface area contributed by atoms with Gasteiger partial charge in [-0.3, -0.25) is 4.79 Å². The maximum Gasteiger partial charge on any atom is 0.264 e. The molecule has 1 aromatic heterocycles. The molecule has 1 spiro atoms. The molecule has 1 N–H and O–H groups in total. The van der Waals surface area contributed by atoms with Gasteiger partial charge in [0.2, 0.25) is 15.9 Å². The number of pyridine rings is 1. The molecule has 1 fully saturated rings. The van der Waals surface area contributed by atoms with Crippen molar-refractivity contribution in [2.75, 3.05) is 38.8 Å². The highest BCUT2D eigenvalue weighted by Crippen LogP contribution is 2.53. The van der Waals surface area contributed by atoms with E-state index in [-0.39, 0.29) is 28.7 Å². The number of ether oxygens (including phenoxy) is 3. The highest BCUT2D eigenvalue weighted by Gasteiger charge is 2.51. The number of carbonyl (C=O) groups is 1. The summed E-state index contributed by atoms with van der Waals surface area (Å²) in [6.07, 6.45) is 11.1. The van der Waals surface area contributed by atoms with Crippen molar-refractivity contribution in [3.63, 3.8) is 0 Å². The Morgan fingerprint density at radius 3 is 2.68 bits per heavy atom. The van der Waals surface area contributed by atoms with E-state index in [4.69, 9.17) is 25.8 Å². The van der Waals surface area contributed by atoms with Crippen molar-refractivity contribution in [1.29, 1.82) is 0 Å². The average molecular weight is 720 g/mol. The normalized spacial score (nSPS) is 31.2. The second-order valence-electron chi connectivity index (χ2n) is 14.6. The minimum atomic E-state index is -3.99.